The van der Waals surface area contributed by atoms with E-state index in [0.29, 0.717) is 12.0 Å². The van der Waals surface area contributed by atoms with Crippen LogP contribution in [0.15, 0.2) is 30.3 Å². The highest BCUT2D eigenvalue weighted by Gasteiger charge is 2.18. The summed E-state index contributed by atoms with van der Waals surface area (Å²) in [4.78, 5) is 23.5. The quantitative estimate of drug-likeness (QED) is 0.650. The predicted octanol–water partition coefficient (Wildman–Crippen LogP) is 3.02. The molecule has 0 saturated carbocycles. The van der Waals surface area contributed by atoms with Crippen LogP contribution in [0.5, 0.6) is 0 Å². The molecule has 0 fully saturated rings. The average molecular weight is 290 g/mol. The summed E-state index contributed by atoms with van der Waals surface area (Å²) in [7, 11) is 0. The van der Waals surface area contributed by atoms with Crippen molar-refractivity contribution >= 4 is 11.8 Å². The van der Waals surface area contributed by atoms with Crippen molar-refractivity contribution in [2.45, 2.75) is 57.9 Å². The van der Waals surface area contributed by atoms with Gasteiger partial charge < -0.3 is 11.1 Å². The van der Waals surface area contributed by atoms with Crippen LogP contribution in [0, 0.1) is 0 Å². The van der Waals surface area contributed by atoms with Crippen molar-refractivity contribution < 1.29 is 9.59 Å². The molecule has 0 bridgehead atoms. The largest absolute Gasteiger partial charge is 0.368 e. The molecule has 3 N–H and O–H groups in total. The van der Waals surface area contributed by atoms with Crippen molar-refractivity contribution in [1.82, 2.24) is 5.32 Å². The van der Waals surface area contributed by atoms with Gasteiger partial charge in [-0.2, -0.15) is 0 Å². The maximum atomic E-state index is 12.0. The number of amides is 2. The van der Waals surface area contributed by atoms with E-state index >= 15 is 0 Å². The van der Waals surface area contributed by atoms with E-state index in [-0.39, 0.29) is 5.91 Å². The van der Waals surface area contributed by atoms with Crippen LogP contribution in [0.25, 0.3) is 0 Å². The highest BCUT2D eigenvalue weighted by Crippen LogP contribution is 2.09. The number of primary amides is 1. The predicted molar refractivity (Wildman–Crippen MR) is 84.9 cm³/mol. The van der Waals surface area contributed by atoms with Gasteiger partial charge in [0.05, 0.1) is 0 Å². The molecule has 0 aliphatic rings. The van der Waals surface area contributed by atoms with Crippen LogP contribution >= 0.6 is 0 Å². The number of hydrogen-bond donors (Lipinski definition) is 2. The Morgan fingerprint density at radius 1 is 1.05 bits per heavy atom. The van der Waals surface area contributed by atoms with Gasteiger partial charge in [-0.25, -0.2) is 0 Å². The maximum absolute atomic E-state index is 12.0. The van der Waals surface area contributed by atoms with Gasteiger partial charge in [0.25, 0.3) is 5.91 Å². The van der Waals surface area contributed by atoms with Gasteiger partial charge in [-0.05, 0) is 18.6 Å². The van der Waals surface area contributed by atoms with Crippen LogP contribution in [-0.2, 0) is 4.79 Å². The van der Waals surface area contributed by atoms with Crippen LogP contribution in [0.1, 0.15) is 62.2 Å². The van der Waals surface area contributed by atoms with E-state index in [1.165, 1.54) is 25.7 Å². The molecule has 0 aliphatic heterocycles. The van der Waals surface area contributed by atoms with Crippen LogP contribution < -0.4 is 11.1 Å². The van der Waals surface area contributed by atoms with Gasteiger partial charge in [0.15, 0.2) is 0 Å². The molecule has 116 valence electrons. The average Bonchev–Trinajstić information content (AvgIpc) is 2.50. The Balaban J connectivity index is 2.36. The monoisotopic (exact) mass is 290 g/mol. The van der Waals surface area contributed by atoms with E-state index in [4.69, 9.17) is 5.73 Å². The summed E-state index contributed by atoms with van der Waals surface area (Å²) >= 11 is 0. The van der Waals surface area contributed by atoms with Gasteiger partial charge in [0, 0.05) is 5.56 Å². The van der Waals surface area contributed by atoms with Gasteiger partial charge in [-0.15, -0.1) is 0 Å². The van der Waals surface area contributed by atoms with E-state index in [1.54, 1.807) is 24.3 Å². The molecule has 1 atom stereocenters. The highest BCUT2D eigenvalue weighted by atomic mass is 16.2. The molecule has 4 nitrogen and oxygen atoms in total. The molecule has 1 aromatic carbocycles. The summed E-state index contributed by atoms with van der Waals surface area (Å²) in [5, 5.41) is 2.72. The third kappa shape index (κ3) is 6.93. The zero-order valence-corrected chi connectivity index (χ0v) is 12.8. The highest BCUT2D eigenvalue weighted by molar-refractivity contribution is 5.97. The Kier molecular flexibility index (Phi) is 8.17. The van der Waals surface area contributed by atoms with Crippen molar-refractivity contribution in [2.75, 3.05) is 0 Å². The fourth-order valence-corrected chi connectivity index (χ4v) is 2.25. The number of carbonyl (C=O) groups is 2. The number of rotatable bonds is 10. The van der Waals surface area contributed by atoms with Gasteiger partial charge in [-0.3, -0.25) is 9.59 Å². The first-order valence-corrected chi connectivity index (χ1v) is 7.80. The maximum Gasteiger partial charge on any atom is 0.251 e. The lowest BCUT2D eigenvalue weighted by molar-refractivity contribution is -0.120. The number of hydrogen-bond acceptors (Lipinski definition) is 2. The normalized spacial score (nSPS) is 11.9. The van der Waals surface area contributed by atoms with Crippen LogP contribution in [-0.4, -0.2) is 17.9 Å². The van der Waals surface area contributed by atoms with E-state index in [1.807, 2.05) is 6.07 Å². The van der Waals surface area contributed by atoms with E-state index in [0.717, 1.165) is 12.8 Å². The Hall–Kier alpha value is -1.84. The Morgan fingerprint density at radius 3 is 2.29 bits per heavy atom. The molecular formula is C17H26N2O2. The second-order valence-corrected chi connectivity index (χ2v) is 5.35. The molecule has 0 heterocycles. The molecule has 4 heteroatoms. The summed E-state index contributed by atoms with van der Waals surface area (Å²) in [5.74, 6) is -0.710. The fourth-order valence-electron chi connectivity index (χ4n) is 2.25. The molecule has 2 amide bonds. The number of nitrogens with one attached hydrogen (secondary N) is 1. The molecular weight excluding hydrogens is 264 g/mol. The lowest BCUT2D eigenvalue weighted by Crippen LogP contribution is -2.44. The minimum absolute atomic E-state index is 0.245. The molecule has 0 aliphatic carbocycles. The summed E-state index contributed by atoms with van der Waals surface area (Å²) in [6, 6.07) is 8.29. The zero-order chi connectivity index (χ0) is 15.5. The van der Waals surface area contributed by atoms with E-state index in [2.05, 4.69) is 12.2 Å². The van der Waals surface area contributed by atoms with Crippen molar-refractivity contribution in [2.24, 2.45) is 5.73 Å². The molecule has 0 unspecified atom stereocenters. The first kappa shape index (κ1) is 17.2. The lowest BCUT2D eigenvalue weighted by atomic mass is 10.0. The fraction of sp³-hybridized carbons (Fsp3) is 0.529. The molecule has 1 rings (SSSR count). The summed E-state index contributed by atoms with van der Waals surface area (Å²) in [5.41, 5.74) is 5.92. The summed E-state index contributed by atoms with van der Waals surface area (Å²) in [6.45, 7) is 2.18. The van der Waals surface area contributed by atoms with Crippen molar-refractivity contribution in [3.63, 3.8) is 0 Å². The smallest absolute Gasteiger partial charge is 0.251 e. The van der Waals surface area contributed by atoms with Crippen LogP contribution in [0.2, 0.25) is 0 Å². The molecule has 0 radical (unpaired) electrons. The minimum atomic E-state index is -0.580. The number of unbranched alkanes of at least 4 members (excludes halogenated alkanes) is 5. The number of nitrogens with two attached hydrogens (primary N) is 1. The standard InChI is InChI=1S/C17H26N2O2/c1-2-3-4-5-6-10-13-15(16(18)20)19-17(21)14-11-8-7-9-12-14/h7-9,11-12,15H,2-6,10,13H2,1H3,(H2,18,20)(H,19,21)/t15-/m0/s1. The van der Waals surface area contributed by atoms with Crippen molar-refractivity contribution in [3.05, 3.63) is 35.9 Å². The first-order chi connectivity index (χ1) is 10.1. The van der Waals surface area contributed by atoms with E-state index < -0.39 is 11.9 Å². The third-order valence-corrected chi connectivity index (χ3v) is 3.53. The van der Waals surface area contributed by atoms with Gasteiger partial charge >= 0.3 is 0 Å². The van der Waals surface area contributed by atoms with Crippen LogP contribution in [0.4, 0.5) is 0 Å². The lowest BCUT2D eigenvalue weighted by Gasteiger charge is -2.15. The Bertz CT molecular complexity index is 432. The van der Waals surface area contributed by atoms with Crippen molar-refractivity contribution in [1.29, 1.82) is 0 Å². The van der Waals surface area contributed by atoms with E-state index in [9.17, 15) is 9.59 Å². The minimum Gasteiger partial charge on any atom is -0.368 e. The Morgan fingerprint density at radius 2 is 1.67 bits per heavy atom. The van der Waals surface area contributed by atoms with Gasteiger partial charge in [0.2, 0.25) is 5.91 Å². The first-order valence-electron chi connectivity index (χ1n) is 7.80. The SMILES string of the molecule is CCCCCCCC[C@H](NC(=O)c1ccccc1)C(N)=O. The number of carbonyl (C=O) groups excluding carboxylic acids is 2. The topological polar surface area (TPSA) is 72.2 Å². The van der Waals surface area contributed by atoms with Crippen molar-refractivity contribution in [3.8, 4) is 0 Å². The molecule has 0 aromatic heterocycles. The number of benzene rings is 1. The van der Waals surface area contributed by atoms with Gasteiger partial charge in [-0.1, -0.05) is 63.6 Å². The Labute approximate surface area is 127 Å². The second kappa shape index (κ2) is 9.97. The molecule has 21 heavy (non-hydrogen) atoms. The van der Waals surface area contributed by atoms with Gasteiger partial charge in [0.1, 0.15) is 6.04 Å². The molecule has 0 spiro atoms. The summed E-state index contributed by atoms with van der Waals surface area (Å²) in [6.07, 6.45) is 7.47. The second-order valence-electron chi connectivity index (χ2n) is 5.35. The third-order valence-electron chi connectivity index (χ3n) is 3.53. The zero-order valence-electron chi connectivity index (χ0n) is 12.8. The molecule has 0 saturated heterocycles. The molecule has 1 aromatic rings. The summed E-state index contributed by atoms with van der Waals surface area (Å²) < 4.78 is 0. The van der Waals surface area contributed by atoms with Crippen LogP contribution in [0.3, 0.4) is 0 Å².